The molecule has 0 unspecified atom stereocenters. The van der Waals surface area contributed by atoms with Gasteiger partial charge in [-0.05, 0) is 66.8 Å². The second-order valence-corrected chi connectivity index (χ2v) is 9.82. The normalized spacial score (nSPS) is 16.1. The standard InChI is InChI=1S/C30H26N4O7S/c1-40-23-8-3-2-6-20(23)32-25(35)11-13-34-27(26(33-30(34)42)21-7-4-5-12-31-21)24-10-9-22(41-24)17-14-18(28(36)37)16-19(15-17)29(38)39/h2-10,12,14-16,26-27H,11,13H2,1H3,(H,32,35)(H,33,42)(H,36,37)(H,38,39)/t26-,27+/m1/s1. The molecule has 4 aromatic rings. The quantitative estimate of drug-likeness (QED) is 0.190. The van der Waals surface area contributed by atoms with E-state index in [1.165, 1.54) is 19.2 Å². The zero-order valence-electron chi connectivity index (χ0n) is 22.3. The number of nitrogens with one attached hydrogen (secondary N) is 2. The van der Waals surface area contributed by atoms with E-state index in [-0.39, 0.29) is 35.8 Å². The molecule has 0 bridgehead atoms. The molecule has 0 aliphatic carbocycles. The number of hydrogen-bond donors (Lipinski definition) is 4. The average molecular weight is 587 g/mol. The number of thiocarbonyl (C=S) groups is 1. The van der Waals surface area contributed by atoms with E-state index in [2.05, 4.69) is 15.6 Å². The first-order valence-corrected chi connectivity index (χ1v) is 13.3. The molecule has 1 aliphatic heterocycles. The van der Waals surface area contributed by atoms with Gasteiger partial charge in [-0.1, -0.05) is 18.2 Å². The summed E-state index contributed by atoms with van der Waals surface area (Å²) in [5.41, 5.74) is 1.19. The van der Waals surface area contributed by atoms with Crippen LogP contribution in [0.4, 0.5) is 5.69 Å². The monoisotopic (exact) mass is 586 g/mol. The van der Waals surface area contributed by atoms with Gasteiger partial charge in [0.05, 0.1) is 35.7 Å². The highest BCUT2D eigenvalue weighted by molar-refractivity contribution is 7.80. The second kappa shape index (κ2) is 12.1. The Labute approximate surface area is 245 Å². The number of carboxylic acids is 2. The Hall–Kier alpha value is -5.23. The van der Waals surface area contributed by atoms with Crippen molar-refractivity contribution < 1.29 is 33.8 Å². The lowest BCUT2D eigenvalue weighted by Gasteiger charge is -2.26. The number of aromatic carboxylic acids is 2. The Morgan fingerprint density at radius 3 is 2.40 bits per heavy atom. The van der Waals surface area contributed by atoms with Crippen LogP contribution in [0.1, 0.15) is 50.7 Å². The molecule has 214 valence electrons. The lowest BCUT2D eigenvalue weighted by Crippen LogP contribution is -2.32. The summed E-state index contributed by atoms with van der Waals surface area (Å²) in [5, 5.41) is 25.5. The third-order valence-corrected chi connectivity index (χ3v) is 7.14. The molecule has 42 heavy (non-hydrogen) atoms. The summed E-state index contributed by atoms with van der Waals surface area (Å²) in [4.78, 5) is 42.5. The number of aromatic nitrogens is 1. The summed E-state index contributed by atoms with van der Waals surface area (Å²) < 4.78 is 11.5. The van der Waals surface area contributed by atoms with Gasteiger partial charge in [0.2, 0.25) is 5.91 Å². The van der Waals surface area contributed by atoms with E-state index in [1.54, 1.807) is 42.6 Å². The highest BCUT2D eigenvalue weighted by Gasteiger charge is 2.41. The molecule has 1 saturated heterocycles. The van der Waals surface area contributed by atoms with E-state index in [0.29, 0.717) is 33.6 Å². The molecular formula is C30H26N4O7S. The molecule has 5 rings (SSSR count). The second-order valence-electron chi connectivity index (χ2n) is 9.43. The molecule has 2 aromatic carbocycles. The number of rotatable bonds is 10. The van der Waals surface area contributed by atoms with E-state index in [1.807, 2.05) is 23.1 Å². The molecule has 0 saturated carbocycles. The Balaban J connectivity index is 1.44. The zero-order valence-corrected chi connectivity index (χ0v) is 23.1. The summed E-state index contributed by atoms with van der Waals surface area (Å²) in [5.74, 6) is -1.47. The van der Waals surface area contributed by atoms with Gasteiger partial charge in [0.15, 0.2) is 5.11 Å². The van der Waals surface area contributed by atoms with E-state index >= 15 is 0 Å². The van der Waals surface area contributed by atoms with Gasteiger partial charge in [-0.15, -0.1) is 0 Å². The maximum atomic E-state index is 12.9. The van der Waals surface area contributed by atoms with Crippen molar-refractivity contribution in [2.45, 2.75) is 18.5 Å². The lowest BCUT2D eigenvalue weighted by atomic mass is 10.0. The first kappa shape index (κ1) is 28.3. The van der Waals surface area contributed by atoms with Crippen molar-refractivity contribution in [1.82, 2.24) is 15.2 Å². The van der Waals surface area contributed by atoms with E-state index in [4.69, 9.17) is 21.4 Å². The largest absolute Gasteiger partial charge is 0.495 e. The fraction of sp³-hybridized carbons (Fsp3) is 0.167. The number of amides is 1. The third-order valence-electron chi connectivity index (χ3n) is 6.79. The van der Waals surface area contributed by atoms with Crippen molar-refractivity contribution in [3.05, 3.63) is 102 Å². The molecule has 1 aliphatic rings. The number of ether oxygens (including phenoxy) is 1. The topological polar surface area (TPSA) is 154 Å². The van der Waals surface area contributed by atoms with Crippen LogP contribution in [0.15, 0.2) is 83.4 Å². The number of methoxy groups -OCH3 is 1. The predicted octanol–water partition coefficient (Wildman–Crippen LogP) is 4.75. The molecule has 1 fully saturated rings. The molecule has 1 amide bonds. The van der Waals surface area contributed by atoms with Crippen LogP contribution in [0.3, 0.4) is 0 Å². The van der Waals surface area contributed by atoms with Gasteiger partial charge < -0.3 is 34.9 Å². The Morgan fingerprint density at radius 2 is 1.74 bits per heavy atom. The van der Waals surface area contributed by atoms with Crippen LogP contribution in [0.2, 0.25) is 0 Å². The van der Waals surface area contributed by atoms with Gasteiger partial charge in [0, 0.05) is 24.7 Å². The van der Waals surface area contributed by atoms with Crippen LogP contribution < -0.4 is 15.4 Å². The minimum absolute atomic E-state index is 0.0987. The van der Waals surface area contributed by atoms with Crippen LogP contribution in [0.25, 0.3) is 11.3 Å². The van der Waals surface area contributed by atoms with E-state index in [9.17, 15) is 24.6 Å². The third kappa shape index (κ3) is 5.93. The van der Waals surface area contributed by atoms with E-state index < -0.39 is 24.0 Å². The lowest BCUT2D eigenvalue weighted by molar-refractivity contribution is -0.116. The van der Waals surface area contributed by atoms with Gasteiger partial charge >= 0.3 is 11.9 Å². The van der Waals surface area contributed by atoms with Gasteiger partial charge in [-0.25, -0.2) is 9.59 Å². The Bertz CT molecular complexity index is 1620. The van der Waals surface area contributed by atoms with Crippen molar-refractivity contribution in [3.8, 4) is 17.1 Å². The summed E-state index contributed by atoms with van der Waals surface area (Å²) in [7, 11) is 1.53. The smallest absolute Gasteiger partial charge is 0.335 e. The Kier molecular flexibility index (Phi) is 8.16. The van der Waals surface area contributed by atoms with Gasteiger partial charge in [0.25, 0.3) is 0 Å². The first-order valence-electron chi connectivity index (χ1n) is 12.9. The van der Waals surface area contributed by atoms with Crippen LogP contribution in [0.5, 0.6) is 5.75 Å². The van der Waals surface area contributed by atoms with Crippen LogP contribution in [-0.4, -0.2) is 56.7 Å². The van der Waals surface area contributed by atoms with Crippen molar-refractivity contribution in [2.24, 2.45) is 0 Å². The highest BCUT2D eigenvalue weighted by Crippen LogP contribution is 2.40. The number of hydrogen-bond acceptors (Lipinski definition) is 7. The summed E-state index contributed by atoms with van der Waals surface area (Å²) >= 11 is 5.67. The molecule has 2 aromatic heterocycles. The predicted molar refractivity (Wildman–Crippen MR) is 156 cm³/mol. The van der Waals surface area contributed by atoms with Crippen molar-refractivity contribution in [1.29, 1.82) is 0 Å². The van der Waals surface area contributed by atoms with E-state index in [0.717, 1.165) is 6.07 Å². The maximum Gasteiger partial charge on any atom is 0.335 e. The zero-order chi connectivity index (χ0) is 29.8. The number of pyridine rings is 1. The molecule has 11 nitrogen and oxygen atoms in total. The molecule has 2 atom stereocenters. The molecular weight excluding hydrogens is 560 g/mol. The number of carbonyl (C=O) groups excluding carboxylic acids is 1. The summed E-state index contributed by atoms with van der Waals surface area (Å²) in [6.45, 7) is 0.245. The van der Waals surface area contributed by atoms with Crippen molar-refractivity contribution in [3.63, 3.8) is 0 Å². The van der Waals surface area contributed by atoms with Crippen molar-refractivity contribution in [2.75, 3.05) is 19.0 Å². The fourth-order valence-electron chi connectivity index (χ4n) is 4.82. The highest BCUT2D eigenvalue weighted by atomic mass is 32.1. The number of nitrogens with zero attached hydrogens (tertiary/aromatic N) is 2. The Morgan fingerprint density at radius 1 is 1.02 bits per heavy atom. The number of carbonyl (C=O) groups is 3. The summed E-state index contributed by atoms with van der Waals surface area (Å²) in [6.07, 6.45) is 1.76. The van der Waals surface area contributed by atoms with Crippen molar-refractivity contribution >= 4 is 40.9 Å². The van der Waals surface area contributed by atoms with Gasteiger partial charge in [-0.3, -0.25) is 9.78 Å². The number of anilines is 1. The van der Waals surface area contributed by atoms with Gasteiger partial charge in [-0.2, -0.15) is 0 Å². The minimum atomic E-state index is -1.26. The number of carboxylic acid groups (broad SMARTS) is 2. The number of benzene rings is 2. The molecule has 0 spiro atoms. The molecule has 3 heterocycles. The first-order chi connectivity index (χ1) is 20.2. The summed E-state index contributed by atoms with van der Waals surface area (Å²) in [6, 6.07) is 18.8. The van der Waals surface area contributed by atoms with Crippen LogP contribution >= 0.6 is 12.2 Å². The molecule has 4 N–H and O–H groups in total. The van der Waals surface area contributed by atoms with Crippen LogP contribution in [-0.2, 0) is 4.79 Å². The maximum absolute atomic E-state index is 12.9. The molecule has 0 radical (unpaired) electrons. The average Bonchev–Trinajstić information content (AvgIpc) is 3.61. The minimum Gasteiger partial charge on any atom is -0.495 e. The fourth-order valence-corrected chi connectivity index (χ4v) is 5.15. The number of furan rings is 1. The van der Waals surface area contributed by atoms with Gasteiger partial charge in [0.1, 0.15) is 23.3 Å². The number of para-hydroxylation sites is 2. The molecule has 12 heteroatoms. The van der Waals surface area contributed by atoms with Crippen LogP contribution in [0, 0.1) is 0 Å². The SMILES string of the molecule is COc1ccccc1NC(=O)CCN1C(=S)N[C@H](c2ccccn2)[C@@H]1c1ccc(-c2cc(C(=O)O)cc(C(=O)O)c2)o1.